The lowest BCUT2D eigenvalue weighted by molar-refractivity contribution is -0.265. The number of imidazole rings is 1. The van der Waals surface area contributed by atoms with Crippen LogP contribution in [0.1, 0.15) is 91.0 Å². The molecule has 2 aromatic carbocycles. The largest absolute Gasteiger partial charge is 0.416 e. The molecule has 0 radical (unpaired) electrons. The van der Waals surface area contributed by atoms with Gasteiger partial charge in [0.15, 0.2) is 5.60 Å². The summed E-state index contributed by atoms with van der Waals surface area (Å²) in [5.74, 6) is -5.34. The lowest BCUT2D eigenvalue weighted by atomic mass is 9.95. The van der Waals surface area contributed by atoms with Gasteiger partial charge < -0.3 is 19.4 Å². The Morgan fingerprint density at radius 2 is 1.62 bits per heavy atom. The maximum absolute atomic E-state index is 15.5. The number of ether oxygens (including phenoxy) is 2. The number of alkyl halides is 5. The van der Waals surface area contributed by atoms with Crippen LogP contribution in [0.5, 0.6) is 0 Å². The second-order valence-electron chi connectivity index (χ2n) is 17.1. The van der Waals surface area contributed by atoms with E-state index in [1.807, 2.05) is 6.07 Å². The first kappa shape index (κ1) is 43.0. The van der Waals surface area contributed by atoms with E-state index in [-0.39, 0.29) is 30.2 Å². The lowest BCUT2D eigenvalue weighted by Gasteiger charge is -2.32. The molecule has 3 aromatic rings. The molecule has 2 amide bonds. The van der Waals surface area contributed by atoms with Crippen LogP contribution in [0, 0.1) is 5.92 Å². The fourth-order valence-electron chi connectivity index (χ4n) is 6.55. The van der Waals surface area contributed by atoms with Gasteiger partial charge in [-0.15, -0.1) is 0 Å². The van der Waals surface area contributed by atoms with Crippen LogP contribution in [-0.2, 0) is 27.2 Å². The fraction of sp³-hybridized carbons (Fsp3) is 0.605. The van der Waals surface area contributed by atoms with Crippen molar-refractivity contribution in [2.24, 2.45) is 11.1 Å². The van der Waals surface area contributed by atoms with Crippen molar-refractivity contribution >= 4 is 41.9 Å². The Labute approximate surface area is 322 Å². The number of nitrogens with zero attached hydrogens (tertiary/aromatic N) is 3. The van der Waals surface area contributed by atoms with Gasteiger partial charge in [-0.2, -0.15) is 13.2 Å². The number of amides is 2. The minimum atomic E-state index is -4.66. The van der Waals surface area contributed by atoms with Gasteiger partial charge in [-0.1, -0.05) is 37.8 Å². The molecule has 17 heteroatoms. The third-order valence-electron chi connectivity index (χ3n) is 10.3. The fourth-order valence-corrected chi connectivity index (χ4v) is 7.67. The molecular weight excluding hydrogens is 762 g/mol. The van der Waals surface area contributed by atoms with Gasteiger partial charge in [-0.25, -0.2) is 18.0 Å². The maximum atomic E-state index is 15.5. The van der Waals surface area contributed by atoms with Crippen molar-refractivity contribution in [1.82, 2.24) is 19.8 Å². The van der Waals surface area contributed by atoms with Crippen LogP contribution in [-0.4, -0.2) is 87.3 Å². The Balaban J connectivity index is 1.44. The number of fused-ring (bicyclic) bond motifs is 2. The quantitative estimate of drug-likeness (QED) is 0.0554. The van der Waals surface area contributed by atoms with Crippen LogP contribution in [0.15, 0.2) is 42.5 Å². The van der Waals surface area contributed by atoms with E-state index in [1.54, 1.807) is 42.7 Å². The number of rotatable bonds is 19. The Kier molecular flexibility index (Phi) is 12.6. The summed E-state index contributed by atoms with van der Waals surface area (Å²) < 4.78 is 97.7. The molecule has 3 N–H and O–H groups in total. The highest BCUT2D eigenvalue weighted by Gasteiger charge is 2.49. The van der Waals surface area contributed by atoms with Gasteiger partial charge in [0.1, 0.15) is 12.6 Å². The molecule has 2 heterocycles. The average Bonchev–Trinajstić information content (AvgIpc) is 3.81. The van der Waals surface area contributed by atoms with Crippen LogP contribution in [0.2, 0.25) is 25.7 Å². The highest BCUT2D eigenvalue weighted by atomic mass is 32.2. The molecule has 2 aliphatic rings. The third kappa shape index (κ3) is 10.3. The number of halogens is 5. The molecule has 1 saturated carbocycles. The number of nitrogens with two attached hydrogens (primary N) is 1. The number of imide groups is 1. The van der Waals surface area contributed by atoms with E-state index in [0.29, 0.717) is 33.9 Å². The SMILES string of the molecule is CC(C)(C[C@@H](COC(C)(C)C(F)(F)F)c1nc2cc([C@H](NCC(F)(F)CN3C(=O)c4ccccc4C3=O)C3CC3)ccc2n1COCC[Si](C)(C)C)S(N)=O. The second kappa shape index (κ2) is 16.0. The zero-order valence-corrected chi connectivity index (χ0v) is 34.2. The Morgan fingerprint density at radius 1 is 1.00 bits per heavy atom. The van der Waals surface area contributed by atoms with E-state index in [9.17, 15) is 27.0 Å². The van der Waals surface area contributed by atoms with E-state index in [0.717, 1.165) is 32.7 Å². The summed E-state index contributed by atoms with van der Waals surface area (Å²) in [5.41, 5.74) is -0.532. The minimum Gasteiger partial charge on any atom is -0.365 e. The molecular formula is C38H52F5N5O5SSi. The average molecular weight is 814 g/mol. The molecule has 5 rings (SSSR count). The molecule has 1 unspecified atom stereocenters. The molecule has 304 valence electrons. The van der Waals surface area contributed by atoms with Gasteiger partial charge in [0.2, 0.25) is 0 Å². The van der Waals surface area contributed by atoms with Crippen molar-refractivity contribution in [3.8, 4) is 0 Å². The summed E-state index contributed by atoms with van der Waals surface area (Å²) >= 11 is 0. The number of carbonyl (C=O) groups excluding carboxylic acids is 2. The molecule has 0 spiro atoms. The van der Waals surface area contributed by atoms with Gasteiger partial charge in [-0.3, -0.25) is 19.6 Å². The molecule has 1 aliphatic heterocycles. The molecule has 1 aromatic heterocycles. The monoisotopic (exact) mass is 813 g/mol. The first-order valence-electron chi connectivity index (χ1n) is 18.4. The standard InChI is InChI=1S/C38H52F5N5O5SSi/c1-35(2,54(44)51)19-26(20-53-36(3,4)38(41,42)43)32-46-29-18-25(14-15-30(29)48(32)23-52-16-17-55(5,6)7)31(24-12-13-24)45-21-37(39,40)22-47-33(49)27-10-8-9-11-28(27)34(47)50/h8-11,14-15,18,24,26,31,45H,12-13,16-17,19-23,44H2,1-7H3/t26-,31+,54?/m0/s1. The summed E-state index contributed by atoms with van der Waals surface area (Å²) in [6, 6.07) is 11.8. The van der Waals surface area contributed by atoms with Crippen molar-refractivity contribution in [3.63, 3.8) is 0 Å². The molecule has 55 heavy (non-hydrogen) atoms. The van der Waals surface area contributed by atoms with Crippen LogP contribution >= 0.6 is 0 Å². The Bertz CT molecular complexity index is 1870. The predicted molar refractivity (Wildman–Crippen MR) is 204 cm³/mol. The number of carbonyl (C=O) groups is 2. The molecule has 0 bridgehead atoms. The van der Waals surface area contributed by atoms with Gasteiger partial charge in [-0.05, 0) is 88.7 Å². The first-order valence-corrected chi connectivity index (χ1v) is 23.3. The van der Waals surface area contributed by atoms with Gasteiger partial charge in [0.05, 0.1) is 57.6 Å². The lowest BCUT2D eigenvalue weighted by Crippen LogP contribution is -2.46. The van der Waals surface area contributed by atoms with Crippen molar-refractivity contribution < 1.29 is 45.2 Å². The molecule has 0 saturated heterocycles. The molecule has 1 fully saturated rings. The topological polar surface area (TPSA) is 129 Å². The van der Waals surface area contributed by atoms with Crippen molar-refractivity contribution in [2.75, 3.05) is 26.3 Å². The molecule has 10 nitrogen and oxygen atoms in total. The number of nitrogens with one attached hydrogen (secondary N) is 1. The van der Waals surface area contributed by atoms with E-state index >= 15 is 8.78 Å². The number of aromatic nitrogens is 2. The zero-order chi connectivity index (χ0) is 40.7. The third-order valence-corrected chi connectivity index (χ3v) is 13.3. The van der Waals surface area contributed by atoms with E-state index < -0.39 is 85.0 Å². The highest BCUT2D eigenvalue weighted by Crippen LogP contribution is 2.43. The summed E-state index contributed by atoms with van der Waals surface area (Å²) in [5, 5.41) is 8.83. The highest BCUT2D eigenvalue weighted by molar-refractivity contribution is 7.84. The van der Waals surface area contributed by atoms with Crippen LogP contribution < -0.4 is 10.5 Å². The number of hydrogen-bond donors (Lipinski definition) is 2. The maximum Gasteiger partial charge on any atom is 0.416 e. The number of hydrogen-bond acceptors (Lipinski definition) is 7. The Morgan fingerprint density at radius 3 is 2.16 bits per heavy atom. The van der Waals surface area contributed by atoms with E-state index in [2.05, 4.69) is 25.0 Å². The van der Waals surface area contributed by atoms with Gasteiger partial charge >= 0.3 is 6.18 Å². The molecule has 1 aliphatic carbocycles. The van der Waals surface area contributed by atoms with Crippen molar-refractivity contribution in [3.05, 3.63) is 65.0 Å². The van der Waals surface area contributed by atoms with E-state index in [1.165, 1.54) is 12.1 Å². The van der Waals surface area contributed by atoms with Crippen molar-refractivity contribution in [2.45, 2.75) is 114 Å². The Hall–Kier alpha value is -3.09. The molecule has 3 atom stereocenters. The summed E-state index contributed by atoms with van der Waals surface area (Å²) in [6.45, 7) is 10.1. The smallest absolute Gasteiger partial charge is 0.365 e. The predicted octanol–water partition coefficient (Wildman–Crippen LogP) is 7.55. The van der Waals surface area contributed by atoms with Crippen LogP contribution in [0.3, 0.4) is 0 Å². The van der Waals surface area contributed by atoms with E-state index in [4.69, 9.17) is 19.6 Å². The van der Waals surface area contributed by atoms with Gasteiger partial charge in [0, 0.05) is 26.6 Å². The summed E-state index contributed by atoms with van der Waals surface area (Å²) in [4.78, 5) is 31.1. The van der Waals surface area contributed by atoms with Crippen LogP contribution in [0.4, 0.5) is 22.0 Å². The normalized spacial score (nSPS) is 17.6. The zero-order valence-electron chi connectivity index (χ0n) is 32.4. The van der Waals surface area contributed by atoms with Crippen molar-refractivity contribution in [1.29, 1.82) is 0 Å². The van der Waals surface area contributed by atoms with Gasteiger partial charge in [0.25, 0.3) is 17.7 Å². The van der Waals surface area contributed by atoms with Crippen LogP contribution in [0.25, 0.3) is 11.0 Å². The minimum absolute atomic E-state index is 0.0370. The number of benzene rings is 2. The second-order valence-corrected chi connectivity index (χ2v) is 24.4. The summed E-state index contributed by atoms with van der Waals surface area (Å²) in [7, 11) is -3.30. The first-order chi connectivity index (χ1) is 25.4. The summed E-state index contributed by atoms with van der Waals surface area (Å²) in [6.07, 6.45) is -3.00.